The first-order chi connectivity index (χ1) is 15.2. The van der Waals surface area contributed by atoms with Gasteiger partial charge in [-0.25, -0.2) is 9.97 Å². The molecule has 0 aromatic carbocycles. The van der Waals surface area contributed by atoms with Crippen LogP contribution in [0.4, 0.5) is 5.82 Å². The van der Waals surface area contributed by atoms with Crippen LogP contribution in [0, 0.1) is 19.3 Å². The second-order valence-corrected chi connectivity index (χ2v) is 8.42. The molecule has 10 nitrogen and oxygen atoms in total. The molecule has 2 aliphatic heterocycles. The van der Waals surface area contributed by atoms with Crippen LogP contribution in [0.5, 0.6) is 0 Å². The predicted molar refractivity (Wildman–Crippen MR) is 116 cm³/mol. The summed E-state index contributed by atoms with van der Waals surface area (Å²) in [5.41, 5.74) is 0.599. The zero-order valence-corrected chi connectivity index (χ0v) is 18.2. The number of nitrogens with zero attached hydrogens (tertiary/aromatic N) is 4. The summed E-state index contributed by atoms with van der Waals surface area (Å²) < 4.78 is 5.46. The van der Waals surface area contributed by atoms with Crippen molar-refractivity contribution < 1.29 is 24.2 Å². The summed E-state index contributed by atoms with van der Waals surface area (Å²) in [5.74, 6) is 1.10. The number of aromatic nitrogens is 2. The number of rotatable bonds is 2. The van der Waals surface area contributed by atoms with E-state index < -0.39 is 6.10 Å². The molecule has 2 fully saturated rings. The van der Waals surface area contributed by atoms with E-state index >= 15 is 0 Å². The molecule has 172 valence electrons. The summed E-state index contributed by atoms with van der Waals surface area (Å²) in [6.45, 7) is 5.82. The van der Waals surface area contributed by atoms with Gasteiger partial charge in [-0.1, -0.05) is 0 Å². The van der Waals surface area contributed by atoms with E-state index in [0.29, 0.717) is 25.4 Å². The number of aliphatic hydroxyl groups excluding tert-OH is 1. The molecule has 0 bridgehead atoms. The van der Waals surface area contributed by atoms with Gasteiger partial charge in [0.15, 0.2) is 11.2 Å². The average molecular weight is 444 g/mol. The van der Waals surface area contributed by atoms with Crippen molar-refractivity contribution in [3.63, 3.8) is 0 Å². The molecule has 1 unspecified atom stereocenters. The number of hydrogen-bond donors (Lipinski definition) is 2. The van der Waals surface area contributed by atoms with Gasteiger partial charge < -0.3 is 24.4 Å². The van der Waals surface area contributed by atoms with Gasteiger partial charge >= 0.3 is 0 Å². The lowest BCUT2D eigenvalue weighted by Gasteiger charge is -2.49. The van der Waals surface area contributed by atoms with Crippen LogP contribution < -0.4 is 10.3 Å². The molecule has 0 radical (unpaired) electrons. The average Bonchev–Trinajstić information content (AvgIpc) is 2.73. The van der Waals surface area contributed by atoms with Crippen LogP contribution in [-0.4, -0.2) is 69.7 Å². The molecule has 1 atom stereocenters. The molecule has 2 aliphatic rings. The van der Waals surface area contributed by atoms with Crippen LogP contribution in [0.15, 0.2) is 33.7 Å². The molecule has 0 aliphatic carbocycles. The molecule has 2 aromatic rings. The third-order valence-corrected chi connectivity index (χ3v) is 5.95. The van der Waals surface area contributed by atoms with E-state index in [1.807, 2.05) is 13.0 Å². The third-order valence-electron chi connectivity index (χ3n) is 5.95. The summed E-state index contributed by atoms with van der Waals surface area (Å²) in [5, 5.41) is 17.4. The van der Waals surface area contributed by atoms with Gasteiger partial charge in [0.1, 0.15) is 17.9 Å². The molecule has 2 aromatic heterocycles. The Hall–Kier alpha value is -3.27. The van der Waals surface area contributed by atoms with Gasteiger partial charge in [-0.2, -0.15) is 0 Å². The normalized spacial score (nSPS) is 19.8. The fourth-order valence-corrected chi connectivity index (χ4v) is 4.55. The van der Waals surface area contributed by atoms with E-state index in [-0.39, 0.29) is 29.0 Å². The number of aliphatic hydroxyl groups is 1. The Kier molecular flexibility index (Phi) is 7.24. The van der Waals surface area contributed by atoms with E-state index in [0.717, 1.165) is 37.3 Å². The maximum absolute atomic E-state index is 12.8. The molecule has 4 heterocycles. The highest BCUT2D eigenvalue weighted by Crippen LogP contribution is 2.41. The molecular weight excluding hydrogens is 416 g/mol. The molecule has 2 N–H and O–H groups in total. The lowest BCUT2D eigenvalue weighted by molar-refractivity contribution is -0.122. The molecule has 2 saturated heterocycles. The van der Waals surface area contributed by atoms with Crippen molar-refractivity contribution >= 4 is 18.2 Å². The number of aryl methyl sites for hydroxylation is 2. The van der Waals surface area contributed by atoms with Crippen molar-refractivity contribution in [1.82, 2.24) is 14.9 Å². The minimum atomic E-state index is -0.434. The number of hydrogen-bond acceptors (Lipinski definition) is 8. The fraction of sp³-hybridized carbons (Fsp3) is 0.500. The second kappa shape index (κ2) is 9.90. The minimum Gasteiger partial charge on any atom is -0.483 e. The zero-order chi connectivity index (χ0) is 23.3. The topological polar surface area (TPSA) is 137 Å². The fourth-order valence-electron chi connectivity index (χ4n) is 4.55. The van der Waals surface area contributed by atoms with Crippen molar-refractivity contribution in [3.05, 3.63) is 52.0 Å². The predicted octanol–water partition coefficient (Wildman–Crippen LogP) is 1.24. The Bertz CT molecular complexity index is 1020. The summed E-state index contributed by atoms with van der Waals surface area (Å²) >= 11 is 0. The van der Waals surface area contributed by atoms with Gasteiger partial charge in [-0.3, -0.25) is 14.4 Å². The largest absolute Gasteiger partial charge is 0.483 e. The van der Waals surface area contributed by atoms with Crippen molar-refractivity contribution in [1.29, 1.82) is 0 Å². The summed E-state index contributed by atoms with van der Waals surface area (Å²) in [4.78, 5) is 45.2. The monoisotopic (exact) mass is 444 g/mol. The van der Waals surface area contributed by atoms with Crippen molar-refractivity contribution in [2.75, 3.05) is 31.1 Å². The SMILES string of the molecule is Cc1cc(N2CC(O)CC3(CCN(C(=O)c4cc(=O)cc(C)o4)CC3)C2)ncn1.O=CO. The van der Waals surface area contributed by atoms with Crippen molar-refractivity contribution in [2.45, 2.75) is 39.2 Å². The van der Waals surface area contributed by atoms with Crippen LogP contribution in [0.25, 0.3) is 0 Å². The number of β-amino-alcohol motifs (C(OH)–C–C–N with tert-alkyl or cyclic N) is 1. The molecule has 1 amide bonds. The first-order valence-corrected chi connectivity index (χ1v) is 10.5. The van der Waals surface area contributed by atoms with Gasteiger partial charge in [0.25, 0.3) is 12.4 Å². The van der Waals surface area contributed by atoms with E-state index in [1.54, 1.807) is 18.2 Å². The number of likely N-dealkylation sites (tertiary alicyclic amines) is 1. The van der Waals surface area contributed by atoms with Crippen LogP contribution >= 0.6 is 0 Å². The minimum absolute atomic E-state index is 0.0687. The van der Waals surface area contributed by atoms with E-state index in [2.05, 4.69) is 14.9 Å². The second-order valence-electron chi connectivity index (χ2n) is 8.42. The number of amides is 1. The van der Waals surface area contributed by atoms with Crippen LogP contribution in [-0.2, 0) is 4.79 Å². The first kappa shape index (κ1) is 23.4. The summed E-state index contributed by atoms with van der Waals surface area (Å²) in [6.07, 6.45) is 3.40. The Morgan fingerprint density at radius 1 is 1.22 bits per heavy atom. The zero-order valence-electron chi connectivity index (χ0n) is 18.2. The Morgan fingerprint density at radius 3 is 2.53 bits per heavy atom. The number of piperidine rings is 2. The third kappa shape index (κ3) is 5.50. The Morgan fingerprint density at radius 2 is 1.91 bits per heavy atom. The highest BCUT2D eigenvalue weighted by atomic mass is 16.4. The molecule has 10 heteroatoms. The standard InChI is InChI=1S/C21H26N4O4.CH2O2/c1-14-7-19(23-13-22-14)25-11-17(27)10-21(12-25)3-5-24(6-4-21)20(28)18-9-16(26)8-15(2)29-18;2-1-3/h7-9,13,17,27H,3-6,10-12H2,1-2H3;1H,(H,2,3). The number of carbonyl (C=O) groups is 2. The van der Waals surface area contributed by atoms with Crippen LogP contribution in [0.3, 0.4) is 0 Å². The van der Waals surface area contributed by atoms with Crippen molar-refractivity contribution in [3.8, 4) is 0 Å². The lowest BCUT2D eigenvalue weighted by Crippen LogP contribution is -2.54. The van der Waals surface area contributed by atoms with E-state index in [1.165, 1.54) is 12.1 Å². The number of carboxylic acid groups (broad SMARTS) is 1. The highest BCUT2D eigenvalue weighted by molar-refractivity contribution is 5.91. The van der Waals surface area contributed by atoms with Gasteiger partial charge in [0, 0.05) is 50.1 Å². The first-order valence-electron chi connectivity index (χ1n) is 10.5. The Balaban J connectivity index is 0.000000913. The quantitative estimate of drug-likeness (QED) is 0.655. The number of anilines is 1. The summed E-state index contributed by atoms with van der Waals surface area (Å²) in [7, 11) is 0. The molecule has 0 saturated carbocycles. The Labute approximate surface area is 185 Å². The molecular formula is C22H28N4O6. The summed E-state index contributed by atoms with van der Waals surface area (Å²) in [6, 6.07) is 4.56. The van der Waals surface area contributed by atoms with Crippen LogP contribution in [0.2, 0.25) is 0 Å². The van der Waals surface area contributed by atoms with Crippen molar-refractivity contribution in [2.24, 2.45) is 5.41 Å². The van der Waals surface area contributed by atoms with E-state index in [9.17, 15) is 14.7 Å². The van der Waals surface area contributed by atoms with Gasteiger partial charge in [0.2, 0.25) is 0 Å². The van der Waals surface area contributed by atoms with Gasteiger partial charge in [-0.05, 0) is 38.5 Å². The highest BCUT2D eigenvalue weighted by Gasteiger charge is 2.43. The van der Waals surface area contributed by atoms with Gasteiger partial charge in [-0.15, -0.1) is 0 Å². The molecule has 32 heavy (non-hydrogen) atoms. The maximum atomic E-state index is 12.8. The maximum Gasteiger partial charge on any atom is 0.290 e. The van der Waals surface area contributed by atoms with Gasteiger partial charge in [0.05, 0.1) is 6.10 Å². The smallest absolute Gasteiger partial charge is 0.290 e. The molecule has 4 rings (SSSR count). The van der Waals surface area contributed by atoms with Crippen LogP contribution in [0.1, 0.15) is 41.3 Å². The molecule has 1 spiro atoms. The lowest BCUT2D eigenvalue weighted by atomic mass is 9.71. The number of carbonyl (C=O) groups excluding carboxylic acids is 1. The van der Waals surface area contributed by atoms with E-state index in [4.69, 9.17) is 14.3 Å².